The number of benzene rings is 1. The first-order chi connectivity index (χ1) is 10.3. The van der Waals surface area contributed by atoms with Gasteiger partial charge in [0.05, 0.1) is 0 Å². The van der Waals surface area contributed by atoms with Gasteiger partial charge in [0.25, 0.3) is 0 Å². The number of rotatable bonds is 4. The third kappa shape index (κ3) is 3.79. The van der Waals surface area contributed by atoms with Crippen molar-refractivity contribution in [3.05, 3.63) is 59.5 Å². The van der Waals surface area contributed by atoms with E-state index in [1.54, 1.807) is 12.1 Å². The van der Waals surface area contributed by atoms with Gasteiger partial charge in [-0.05, 0) is 55.8 Å². The van der Waals surface area contributed by atoms with E-state index in [-0.39, 0.29) is 5.82 Å². The average molecular weight is 285 g/mol. The molecule has 2 N–H and O–H groups in total. The summed E-state index contributed by atoms with van der Waals surface area (Å²) in [5, 5.41) is 6.69. The molecule has 1 aromatic heterocycles. The van der Waals surface area contributed by atoms with E-state index in [1.807, 2.05) is 6.07 Å². The SMILES string of the molecule is Fc1ccc(CNc2cccc(C3CCNCC3)n2)cc1. The molecule has 1 fully saturated rings. The Morgan fingerprint density at radius 1 is 1.10 bits per heavy atom. The van der Waals surface area contributed by atoms with Gasteiger partial charge < -0.3 is 10.6 Å². The molecule has 0 aliphatic carbocycles. The van der Waals surface area contributed by atoms with Crippen molar-refractivity contribution in [1.82, 2.24) is 10.3 Å². The largest absolute Gasteiger partial charge is 0.366 e. The van der Waals surface area contributed by atoms with E-state index in [1.165, 1.54) is 17.8 Å². The van der Waals surface area contributed by atoms with Gasteiger partial charge in [-0.25, -0.2) is 9.37 Å². The Bertz CT molecular complexity index is 577. The van der Waals surface area contributed by atoms with Crippen LogP contribution in [0.3, 0.4) is 0 Å². The number of hydrogen-bond acceptors (Lipinski definition) is 3. The minimum Gasteiger partial charge on any atom is -0.366 e. The van der Waals surface area contributed by atoms with Crippen LogP contribution in [-0.4, -0.2) is 18.1 Å². The molecule has 21 heavy (non-hydrogen) atoms. The zero-order chi connectivity index (χ0) is 14.5. The lowest BCUT2D eigenvalue weighted by Gasteiger charge is -2.22. The first kappa shape index (κ1) is 14.0. The normalized spacial score (nSPS) is 15.9. The van der Waals surface area contributed by atoms with Gasteiger partial charge in [-0.15, -0.1) is 0 Å². The zero-order valence-corrected chi connectivity index (χ0v) is 12.0. The molecule has 1 aliphatic rings. The van der Waals surface area contributed by atoms with Crippen LogP contribution in [0.25, 0.3) is 0 Å². The molecule has 0 unspecified atom stereocenters. The van der Waals surface area contributed by atoms with Crippen LogP contribution in [0.1, 0.15) is 30.0 Å². The predicted octanol–water partition coefficient (Wildman–Crippen LogP) is 3.30. The van der Waals surface area contributed by atoms with E-state index in [4.69, 9.17) is 4.98 Å². The fraction of sp³-hybridized carbons (Fsp3) is 0.353. The Morgan fingerprint density at radius 3 is 2.62 bits per heavy atom. The van der Waals surface area contributed by atoms with Gasteiger partial charge >= 0.3 is 0 Å². The van der Waals surface area contributed by atoms with Crippen molar-refractivity contribution in [2.45, 2.75) is 25.3 Å². The lowest BCUT2D eigenvalue weighted by Crippen LogP contribution is -2.27. The maximum absolute atomic E-state index is 12.9. The Kier molecular flexibility index (Phi) is 4.46. The summed E-state index contributed by atoms with van der Waals surface area (Å²) in [6.45, 7) is 2.79. The van der Waals surface area contributed by atoms with Crippen LogP contribution in [0.5, 0.6) is 0 Å². The highest BCUT2D eigenvalue weighted by atomic mass is 19.1. The Labute approximate surface area is 124 Å². The topological polar surface area (TPSA) is 37.0 Å². The van der Waals surface area contributed by atoms with Crippen molar-refractivity contribution in [3.63, 3.8) is 0 Å². The summed E-state index contributed by atoms with van der Waals surface area (Å²) in [6.07, 6.45) is 2.29. The van der Waals surface area contributed by atoms with Gasteiger partial charge in [-0.3, -0.25) is 0 Å². The molecule has 0 saturated carbocycles. The summed E-state index contributed by atoms with van der Waals surface area (Å²) in [4.78, 5) is 4.72. The van der Waals surface area contributed by atoms with Gasteiger partial charge in [0.1, 0.15) is 11.6 Å². The van der Waals surface area contributed by atoms with E-state index in [0.29, 0.717) is 12.5 Å². The standard InChI is InChI=1S/C17H20FN3/c18-15-6-4-13(5-7-15)12-20-17-3-1-2-16(21-17)14-8-10-19-11-9-14/h1-7,14,19H,8-12H2,(H,20,21). The molecule has 0 bridgehead atoms. The van der Waals surface area contributed by atoms with Gasteiger partial charge in [0, 0.05) is 18.2 Å². The summed E-state index contributed by atoms with van der Waals surface area (Å²) in [5.41, 5.74) is 2.21. The zero-order valence-electron chi connectivity index (χ0n) is 12.0. The van der Waals surface area contributed by atoms with Crippen LogP contribution in [-0.2, 0) is 6.54 Å². The maximum atomic E-state index is 12.9. The number of anilines is 1. The molecule has 2 aromatic rings. The Hall–Kier alpha value is -1.94. The first-order valence-electron chi connectivity index (χ1n) is 7.47. The number of nitrogens with one attached hydrogen (secondary N) is 2. The highest BCUT2D eigenvalue weighted by molar-refractivity contribution is 5.37. The van der Waals surface area contributed by atoms with E-state index < -0.39 is 0 Å². The molecule has 3 nitrogen and oxygen atoms in total. The predicted molar refractivity (Wildman–Crippen MR) is 82.8 cm³/mol. The van der Waals surface area contributed by atoms with Crippen LogP contribution in [0, 0.1) is 5.82 Å². The van der Waals surface area contributed by atoms with Crippen molar-refractivity contribution < 1.29 is 4.39 Å². The summed E-state index contributed by atoms with van der Waals surface area (Å²) in [7, 11) is 0. The third-order valence-electron chi connectivity index (χ3n) is 3.91. The Balaban J connectivity index is 1.64. The van der Waals surface area contributed by atoms with E-state index >= 15 is 0 Å². The van der Waals surface area contributed by atoms with Crippen LogP contribution >= 0.6 is 0 Å². The van der Waals surface area contributed by atoms with E-state index in [9.17, 15) is 4.39 Å². The smallest absolute Gasteiger partial charge is 0.126 e. The van der Waals surface area contributed by atoms with Gasteiger partial charge in [0.2, 0.25) is 0 Å². The highest BCUT2D eigenvalue weighted by Gasteiger charge is 2.16. The summed E-state index contributed by atoms with van der Waals surface area (Å²) < 4.78 is 12.9. The highest BCUT2D eigenvalue weighted by Crippen LogP contribution is 2.24. The number of halogens is 1. The molecule has 1 saturated heterocycles. The molecule has 2 heterocycles. The first-order valence-corrected chi connectivity index (χ1v) is 7.47. The quantitative estimate of drug-likeness (QED) is 0.905. The van der Waals surface area contributed by atoms with Crippen molar-refractivity contribution in [1.29, 1.82) is 0 Å². The molecule has 1 aliphatic heterocycles. The molecule has 4 heteroatoms. The lowest BCUT2D eigenvalue weighted by atomic mass is 9.94. The number of pyridine rings is 1. The Morgan fingerprint density at radius 2 is 1.86 bits per heavy atom. The molecule has 0 amide bonds. The molecule has 0 radical (unpaired) electrons. The lowest BCUT2D eigenvalue weighted by molar-refractivity contribution is 0.453. The summed E-state index contributed by atoms with van der Waals surface area (Å²) in [6, 6.07) is 12.7. The van der Waals surface area contributed by atoms with E-state index in [2.05, 4.69) is 22.8 Å². The second-order valence-corrected chi connectivity index (χ2v) is 5.45. The number of hydrogen-bond donors (Lipinski definition) is 2. The third-order valence-corrected chi connectivity index (χ3v) is 3.91. The van der Waals surface area contributed by atoms with Crippen LogP contribution < -0.4 is 10.6 Å². The molecular formula is C17H20FN3. The molecule has 1 aromatic carbocycles. The second kappa shape index (κ2) is 6.68. The number of nitrogens with zero attached hydrogens (tertiary/aromatic N) is 1. The molecular weight excluding hydrogens is 265 g/mol. The van der Waals surface area contributed by atoms with Gasteiger partial charge in [0.15, 0.2) is 0 Å². The molecule has 0 atom stereocenters. The summed E-state index contributed by atoms with van der Waals surface area (Å²) in [5.74, 6) is 1.24. The van der Waals surface area contributed by atoms with Crippen LogP contribution in [0.2, 0.25) is 0 Å². The van der Waals surface area contributed by atoms with Crippen molar-refractivity contribution in [2.24, 2.45) is 0 Å². The number of aromatic nitrogens is 1. The fourth-order valence-electron chi connectivity index (χ4n) is 2.69. The monoisotopic (exact) mass is 285 g/mol. The molecule has 110 valence electrons. The summed E-state index contributed by atoms with van der Waals surface area (Å²) >= 11 is 0. The van der Waals surface area contributed by atoms with Crippen LogP contribution in [0.4, 0.5) is 10.2 Å². The van der Waals surface area contributed by atoms with Gasteiger partial charge in [-0.1, -0.05) is 18.2 Å². The minimum absolute atomic E-state index is 0.204. The van der Waals surface area contributed by atoms with Gasteiger partial charge in [-0.2, -0.15) is 0 Å². The fourth-order valence-corrected chi connectivity index (χ4v) is 2.69. The average Bonchev–Trinajstić information content (AvgIpc) is 2.55. The maximum Gasteiger partial charge on any atom is 0.126 e. The van der Waals surface area contributed by atoms with Crippen molar-refractivity contribution in [2.75, 3.05) is 18.4 Å². The molecule has 3 rings (SSSR count). The number of piperidine rings is 1. The second-order valence-electron chi connectivity index (χ2n) is 5.45. The molecule has 0 spiro atoms. The minimum atomic E-state index is -0.204. The van der Waals surface area contributed by atoms with E-state index in [0.717, 1.165) is 37.3 Å². The van der Waals surface area contributed by atoms with Crippen LogP contribution in [0.15, 0.2) is 42.5 Å². The van der Waals surface area contributed by atoms with Crippen molar-refractivity contribution in [3.8, 4) is 0 Å². The van der Waals surface area contributed by atoms with Crippen molar-refractivity contribution >= 4 is 5.82 Å².